The second-order valence-electron chi connectivity index (χ2n) is 2.87. The van der Waals surface area contributed by atoms with Gasteiger partial charge >= 0.3 is 0 Å². The van der Waals surface area contributed by atoms with Gasteiger partial charge in [0.15, 0.2) is 0 Å². The molecule has 1 unspecified atom stereocenters. The molecular formula is C7H15ClO. The molecule has 0 rings (SSSR count). The monoisotopic (exact) mass is 150 g/mol. The Bertz CT molecular complexity index is 79.0. The smallest absolute Gasteiger partial charge is 0.138 e. The summed E-state index contributed by atoms with van der Waals surface area (Å²) in [5.74, 6) is 0.465. The van der Waals surface area contributed by atoms with E-state index in [1.54, 1.807) is 0 Å². The molecule has 0 aromatic rings. The van der Waals surface area contributed by atoms with Crippen molar-refractivity contribution in [1.29, 1.82) is 0 Å². The first-order valence-corrected chi connectivity index (χ1v) is 3.77. The molecule has 56 valence electrons. The third-order valence-corrected chi connectivity index (χ3v) is 1.68. The predicted octanol–water partition coefficient (Wildman–Crippen LogP) is 2.37. The summed E-state index contributed by atoms with van der Waals surface area (Å²) in [5.41, 5.74) is 0. The maximum atomic E-state index is 9.26. The average Bonchev–Trinajstić information content (AvgIpc) is 1.63. The minimum Gasteiger partial charge on any atom is -0.375 e. The molecule has 1 atom stereocenters. The Kier molecular flexibility index (Phi) is 3.52. The van der Waals surface area contributed by atoms with Crippen LogP contribution < -0.4 is 0 Å². The number of alkyl halides is 1. The SMILES string of the molecule is CCC(O)(Cl)CC(C)C. The third kappa shape index (κ3) is 4.73. The summed E-state index contributed by atoms with van der Waals surface area (Å²) in [6, 6.07) is 0. The predicted molar refractivity (Wildman–Crippen MR) is 40.5 cm³/mol. The largest absolute Gasteiger partial charge is 0.375 e. The quantitative estimate of drug-likeness (QED) is 0.613. The lowest BCUT2D eigenvalue weighted by Crippen LogP contribution is -2.21. The van der Waals surface area contributed by atoms with E-state index in [2.05, 4.69) is 0 Å². The normalized spacial score (nSPS) is 18.0. The van der Waals surface area contributed by atoms with Gasteiger partial charge in [0.25, 0.3) is 0 Å². The summed E-state index contributed by atoms with van der Waals surface area (Å²) < 4.78 is 0. The zero-order chi connectivity index (χ0) is 7.49. The van der Waals surface area contributed by atoms with Crippen LogP contribution in [0.3, 0.4) is 0 Å². The average molecular weight is 151 g/mol. The van der Waals surface area contributed by atoms with Crippen LogP contribution in [-0.2, 0) is 0 Å². The molecule has 0 aromatic carbocycles. The maximum absolute atomic E-state index is 9.26. The van der Waals surface area contributed by atoms with E-state index in [1.807, 2.05) is 20.8 Å². The highest BCUT2D eigenvalue weighted by Crippen LogP contribution is 2.24. The summed E-state index contributed by atoms with van der Waals surface area (Å²) >= 11 is 5.67. The molecule has 0 fully saturated rings. The van der Waals surface area contributed by atoms with Crippen LogP contribution in [0.1, 0.15) is 33.6 Å². The van der Waals surface area contributed by atoms with Crippen molar-refractivity contribution in [3.8, 4) is 0 Å². The molecule has 0 aliphatic carbocycles. The molecular weight excluding hydrogens is 136 g/mol. The molecule has 2 heteroatoms. The molecule has 1 nitrogen and oxygen atoms in total. The molecule has 0 heterocycles. The Morgan fingerprint density at radius 2 is 2.00 bits per heavy atom. The minimum atomic E-state index is -0.964. The van der Waals surface area contributed by atoms with Crippen molar-refractivity contribution < 1.29 is 5.11 Å². The van der Waals surface area contributed by atoms with Gasteiger partial charge in [-0.3, -0.25) is 0 Å². The van der Waals surface area contributed by atoms with Crippen LogP contribution in [0.15, 0.2) is 0 Å². The fraction of sp³-hybridized carbons (Fsp3) is 1.00. The van der Waals surface area contributed by atoms with Gasteiger partial charge in [0.2, 0.25) is 0 Å². The first kappa shape index (κ1) is 9.25. The zero-order valence-corrected chi connectivity index (χ0v) is 7.07. The lowest BCUT2D eigenvalue weighted by molar-refractivity contribution is 0.100. The van der Waals surface area contributed by atoms with Gasteiger partial charge in [-0.1, -0.05) is 32.4 Å². The van der Waals surface area contributed by atoms with Crippen LogP contribution in [0.5, 0.6) is 0 Å². The van der Waals surface area contributed by atoms with Gasteiger partial charge in [-0.25, -0.2) is 0 Å². The topological polar surface area (TPSA) is 20.2 Å². The van der Waals surface area contributed by atoms with Crippen molar-refractivity contribution in [2.24, 2.45) is 5.92 Å². The van der Waals surface area contributed by atoms with Gasteiger partial charge < -0.3 is 5.11 Å². The highest BCUT2D eigenvalue weighted by atomic mass is 35.5. The number of halogens is 1. The van der Waals surface area contributed by atoms with E-state index in [0.29, 0.717) is 18.8 Å². The van der Waals surface area contributed by atoms with Gasteiger partial charge in [-0.15, -0.1) is 0 Å². The van der Waals surface area contributed by atoms with Gasteiger partial charge in [-0.2, -0.15) is 0 Å². The Balaban J connectivity index is 3.58. The van der Waals surface area contributed by atoms with Gasteiger partial charge in [0.05, 0.1) is 0 Å². The molecule has 0 aliphatic heterocycles. The summed E-state index contributed by atoms with van der Waals surface area (Å²) in [7, 11) is 0. The van der Waals surface area contributed by atoms with Crippen molar-refractivity contribution in [2.75, 3.05) is 0 Å². The Morgan fingerprint density at radius 1 is 1.56 bits per heavy atom. The molecule has 0 amide bonds. The van der Waals surface area contributed by atoms with Crippen LogP contribution in [0.25, 0.3) is 0 Å². The van der Waals surface area contributed by atoms with Crippen molar-refractivity contribution >= 4 is 11.6 Å². The number of rotatable bonds is 3. The molecule has 0 saturated heterocycles. The molecule has 0 aromatic heterocycles. The standard InChI is InChI=1S/C7H15ClO/c1-4-7(8,9)5-6(2)3/h6,9H,4-5H2,1-3H3. The number of hydrogen-bond donors (Lipinski definition) is 1. The first-order valence-electron chi connectivity index (χ1n) is 3.39. The fourth-order valence-electron chi connectivity index (χ4n) is 0.770. The fourth-order valence-corrected chi connectivity index (χ4v) is 1.08. The molecule has 0 bridgehead atoms. The van der Waals surface area contributed by atoms with E-state index >= 15 is 0 Å². The molecule has 1 N–H and O–H groups in total. The molecule has 0 radical (unpaired) electrons. The maximum Gasteiger partial charge on any atom is 0.138 e. The second kappa shape index (κ2) is 3.43. The van der Waals surface area contributed by atoms with Crippen LogP contribution >= 0.6 is 11.6 Å². The summed E-state index contributed by atoms with van der Waals surface area (Å²) in [6.07, 6.45) is 1.29. The highest BCUT2D eigenvalue weighted by molar-refractivity contribution is 6.22. The molecule has 9 heavy (non-hydrogen) atoms. The lowest BCUT2D eigenvalue weighted by Gasteiger charge is -2.20. The minimum absolute atomic E-state index is 0.465. The van der Waals surface area contributed by atoms with Crippen LogP contribution in [0.2, 0.25) is 0 Å². The molecule has 0 spiro atoms. The molecule has 0 aliphatic rings. The van der Waals surface area contributed by atoms with E-state index < -0.39 is 5.06 Å². The Hall–Kier alpha value is 0.250. The highest BCUT2D eigenvalue weighted by Gasteiger charge is 2.21. The van der Waals surface area contributed by atoms with Gasteiger partial charge in [0, 0.05) is 0 Å². The van der Waals surface area contributed by atoms with Crippen LogP contribution in [-0.4, -0.2) is 10.2 Å². The van der Waals surface area contributed by atoms with E-state index in [4.69, 9.17) is 11.6 Å². The zero-order valence-electron chi connectivity index (χ0n) is 6.32. The number of hydrogen-bond acceptors (Lipinski definition) is 1. The van der Waals surface area contributed by atoms with Crippen LogP contribution in [0.4, 0.5) is 0 Å². The van der Waals surface area contributed by atoms with Gasteiger partial charge in [0.1, 0.15) is 5.06 Å². The summed E-state index contributed by atoms with van der Waals surface area (Å²) in [4.78, 5) is 0. The Labute approximate surface area is 62.0 Å². The van der Waals surface area contributed by atoms with Crippen LogP contribution in [0, 0.1) is 5.92 Å². The van der Waals surface area contributed by atoms with E-state index in [0.717, 1.165) is 0 Å². The van der Waals surface area contributed by atoms with Crippen molar-refractivity contribution in [2.45, 2.75) is 38.7 Å². The van der Waals surface area contributed by atoms with Crippen molar-refractivity contribution in [3.63, 3.8) is 0 Å². The molecule has 0 saturated carbocycles. The first-order chi connectivity index (χ1) is 3.98. The lowest BCUT2D eigenvalue weighted by atomic mass is 10.0. The van der Waals surface area contributed by atoms with E-state index in [9.17, 15) is 5.11 Å². The van der Waals surface area contributed by atoms with E-state index in [-0.39, 0.29) is 0 Å². The van der Waals surface area contributed by atoms with Crippen molar-refractivity contribution in [1.82, 2.24) is 0 Å². The van der Waals surface area contributed by atoms with Crippen molar-refractivity contribution in [3.05, 3.63) is 0 Å². The third-order valence-electron chi connectivity index (χ3n) is 1.26. The Morgan fingerprint density at radius 3 is 2.11 bits per heavy atom. The van der Waals surface area contributed by atoms with Gasteiger partial charge in [-0.05, 0) is 18.8 Å². The second-order valence-corrected chi connectivity index (χ2v) is 3.57. The summed E-state index contributed by atoms with van der Waals surface area (Å²) in [5, 5.41) is 8.29. The summed E-state index contributed by atoms with van der Waals surface area (Å²) in [6.45, 7) is 5.97. The van der Waals surface area contributed by atoms with E-state index in [1.165, 1.54) is 0 Å². The number of aliphatic hydroxyl groups is 1.